The molecule has 1 aliphatic heterocycles. The highest BCUT2D eigenvalue weighted by molar-refractivity contribution is 6.02. The van der Waals surface area contributed by atoms with Crippen molar-refractivity contribution in [3.05, 3.63) is 42.5 Å². The molecule has 0 saturated carbocycles. The predicted molar refractivity (Wildman–Crippen MR) is 99.1 cm³/mol. The van der Waals surface area contributed by atoms with Crippen molar-refractivity contribution in [2.75, 3.05) is 36.4 Å². The Balaban J connectivity index is 1.55. The number of nitrogens with one attached hydrogen (secondary N) is 1. The van der Waals surface area contributed by atoms with Gasteiger partial charge in [0, 0.05) is 32.1 Å². The number of nitrogens with zero attached hydrogens (tertiary/aromatic N) is 3. The number of carbonyl (C=O) groups excluding carboxylic acids is 2. The van der Waals surface area contributed by atoms with Gasteiger partial charge in [0.2, 0.25) is 5.91 Å². The number of amides is 2. The number of carbonyl (C=O) groups is 2. The van der Waals surface area contributed by atoms with Crippen molar-refractivity contribution in [3.63, 3.8) is 0 Å². The van der Waals surface area contributed by atoms with Crippen molar-refractivity contribution in [2.24, 2.45) is 5.92 Å². The Labute approximate surface area is 153 Å². The van der Waals surface area contributed by atoms with E-state index in [9.17, 15) is 9.59 Å². The van der Waals surface area contributed by atoms with Crippen molar-refractivity contribution in [2.45, 2.75) is 20.3 Å². The Morgan fingerprint density at radius 3 is 2.58 bits per heavy atom. The molecule has 0 bridgehead atoms. The number of pyridine rings is 1. The zero-order valence-electron chi connectivity index (χ0n) is 15.1. The molecule has 2 aromatic heterocycles. The molecule has 1 N–H and O–H groups in total. The maximum Gasteiger partial charge on any atom is 0.291 e. The van der Waals surface area contributed by atoms with Crippen LogP contribution in [0.5, 0.6) is 0 Å². The summed E-state index contributed by atoms with van der Waals surface area (Å²) in [5.74, 6) is 1.11. The SMILES string of the molecule is CCC(C)C(=O)N1CCN(c2ccc(NC(=O)c3ccco3)cn2)CC1. The van der Waals surface area contributed by atoms with E-state index < -0.39 is 0 Å². The summed E-state index contributed by atoms with van der Waals surface area (Å²) in [4.78, 5) is 32.7. The molecule has 2 aromatic rings. The van der Waals surface area contributed by atoms with E-state index in [-0.39, 0.29) is 23.5 Å². The summed E-state index contributed by atoms with van der Waals surface area (Å²) >= 11 is 0. The van der Waals surface area contributed by atoms with Gasteiger partial charge in [-0.05, 0) is 30.7 Å². The maximum absolute atomic E-state index is 12.3. The molecular weight excluding hydrogens is 332 g/mol. The third-order valence-electron chi connectivity index (χ3n) is 4.70. The second-order valence-corrected chi connectivity index (χ2v) is 6.46. The third kappa shape index (κ3) is 4.04. The highest BCUT2D eigenvalue weighted by Gasteiger charge is 2.24. The molecular formula is C19H24N4O3. The lowest BCUT2D eigenvalue weighted by Crippen LogP contribution is -2.50. The van der Waals surface area contributed by atoms with E-state index in [1.807, 2.05) is 30.9 Å². The second-order valence-electron chi connectivity index (χ2n) is 6.46. The Bertz CT molecular complexity index is 735. The van der Waals surface area contributed by atoms with Crippen molar-refractivity contribution < 1.29 is 14.0 Å². The fourth-order valence-electron chi connectivity index (χ4n) is 2.89. The van der Waals surface area contributed by atoms with Crippen LogP contribution in [0.25, 0.3) is 0 Å². The molecule has 1 atom stereocenters. The fourth-order valence-corrected chi connectivity index (χ4v) is 2.89. The van der Waals surface area contributed by atoms with E-state index in [4.69, 9.17) is 4.42 Å². The highest BCUT2D eigenvalue weighted by atomic mass is 16.3. The van der Waals surface area contributed by atoms with Crippen LogP contribution in [0.1, 0.15) is 30.8 Å². The number of piperazine rings is 1. The molecule has 1 aliphatic rings. The Hall–Kier alpha value is -2.83. The Morgan fingerprint density at radius 1 is 1.23 bits per heavy atom. The summed E-state index contributed by atoms with van der Waals surface area (Å²) < 4.78 is 5.07. The lowest BCUT2D eigenvalue weighted by molar-refractivity contribution is -0.135. The number of hydrogen-bond acceptors (Lipinski definition) is 5. The van der Waals surface area contributed by atoms with Crippen molar-refractivity contribution >= 4 is 23.3 Å². The summed E-state index contributed by atoms with van der Waals surface area (Å²) in [5, 5.41) is 2.75. The van der Waals surface area contributed by atoms with Gasteiger partial charge in [-0.3, -0.25) is 9.59 Å². The summed E-state index contributed by atoms with van der Waals surface area (Å²) in [6.45, 7) is 6.95. The monoisotopic (exact) mass is 356 g/mol. The molecule has 7 heteroatoms. The van der Waals surface area contributed by atoms with E-state index in [1.165, 1.54) is 6.26 Å². The lowest BCUT2D eigenvalue weighted by Gasteiger charge is -2.36. The molecule has 1 fully saturated rings. The van der Waals surface area contributed by atoms with Crippen LogP contribution >= 0.6 is 0 Å². The van der Waals surface area contributed by atoms with Gasteiger partial charge in [0.25, 0.3) is 5.91 Å². The minimum absolute atomic E-state index is 0.0803. The van der Waals surface area contributed by atoms with E-state index in [0.717, 1.165) is 25.3 Å². The van der Waals surface area contributed by atoms with Gasteiger partial charge < -0.3 is 19.5 Å². The molecule has 0 radical (unpaired) electrons. The largest absolute Gasteiger partial charge is 0.459 e. The molecule has 1 saturated heterocycles. The molecule has 0 aromatic carbocycles. The van der Waals surface area contributed by atoms with E-state index in [2.05, 4.69) is 15.2 Å². The number of anilines is 2. The maximum atomic E-state index is 12.3. The van der Waals surface area contributed by atoms with Gasteiger partial charge in [-0.15, -0.1) is 0 Å². The van der Waals surface area contributed by atoms with Crippen LogP contribution in [0.2, 0.25) is 0 Å². The molecule has 0 aliphatic carbocycles. The summed E-state index contributed by atoms with van der Waals surface area (Å²) in [7, 11) is 0. The smallest absolute Gasteiger partial charge is 0.291 e. The topological polar surface area (TPSA) is 78.7 Å². The zero-order chi connectivity index (χ0) is 18.5. The molecule has 3 heterocycles. The van der Waals surface area contributed by atoms with E-state index in [0.29, 0.717) is 18.8 Å². The number of furan rings is 1. The standard InChI is InChI=1S/C19H24N4O3/c1-3-14(2)19(25)23-10-8-22(9-11-23)17-7-6-15(13-20-17)21-18(24)16-5-4-12-26-16/h4-7,12-14H,3,8-11H2,1-2H3,(H,21,24). The number of rotatable bonds is 5. The molecule has 7 nitrogen and oxygen atoms in total. The first-order chi connectivity index (χ1) is 12.6. The zero-order valence-corrected chi connectivity index (χ0v) is 15.1. The van der Waals surface area contributed by atoms with Crippen LogP contribution in [0.3, 0.4) is 0 Å². The average molecular weight is 356 g/mol. The van der Waals surface area contributed by atoms with Gasteiger partial charge in [0.15, 0.2) is 5.76 Å². The first-order valence-corrected chi connectivity index (χ1v) is 8.93. The van der Waals surface area contributed by atoms with Crippen molar-refractivity contribution in [1.29, 1.82) is 0 Å². The number of hydrogen-bond donors (Lipinski definition) is 1. The van der Waals surface area contributed by atoms with E-state index >= 15 is 0 Å². The van der Waals surface area contributed by atoms with Crippen LogP contribution < -0.4 is 10.2 Å². The molecule has 2 amide bonds. The molecule has 3 rings (SSSR count). The Morgan fingerprint density at radius 2 is 2.00 bits per heavy atom. The van der Waals surface area contributed by atoms with Crippen molar-refractivity contribution in [1.82, 2.24) is 9.88 Å². The van der Waals surface area contributed by atoms with Crippen LogP contribution in [-0.2, 0) is 4.79 Å². The summed E-state index contributed by atoms with van der Waals surface area (Å²) in [6, 6.07) is 6.98. The van der Waals surface area contributed by atoms with Crippen LogP contribution in [0.4, 0.5) is 11.5 Å². The Kier molecular flexibility index (Phi) is 5.55. The predicted octanol–water partition coefficient (Wildman–Crippen LogP) is 2.62. The van der Waals surface area contributed by atoms with Gasteiger partial charge in [0.1, 0.15) is 5.82 Å². The van der Waals surface area contributed by atoms with Crippen LogP contribution in [0.15, 0.2) is 41.1 Å². The van der Waals surface area contributed by atoms with Crippen molar-refractivity contribution in [3.8, 4) is 0 Å². The summed E-state index contributed by atoms with van der Waals surface area (Å²) in [5.41, 5.74) is 0.612. The average Bonchev–Trinajstić information content (AvgIpc) is 3.22. The fraction of sp³-hybridized carbons (Fsp3) is 0.421. The molecule has 138 valence electrons. The second kappa shape index (κ2) is 8.03. The molecule has 0 spiro atoms. The normalized spacial score (nSPS) is 15.6. The summed E-state index contributed by atoms with van der Waals surface area (Å²) in [6.07, 6.45) is 3.96. The van der Waals surface area contributed by atoms with E-state index in [1.54, 1.807) is 18.3 Å². The first-order valence-electron chi connectivity index (χ1n) is 8.93. The first kappa shape index (κ1) is 18.0. The minimum atomic E-state index is -0.304. The van der Waals surface area contributed by atoms with Gasteiger partial charge >= 0.3 is 0 Å². The van der Waals surface area contributed by atoms with Crippen LogP contribution in [0, 0.1) is 5.92 Å². The van der Waals surface area contributed by atoms with Gasteiger partial charge in [-0.2, -0.15) is 0 Å². The third-order valence-corrected chi connectivity index (χ3v) is 4.70. The quantitative estimate of drug-likeness (QED) is 0.891. The minimum Gasteiger partial charge on any atom is -0.459 e. The molecule has 26 heavy (non-hydrogen) atoms. The van der Waals surface area contributed by atoms with Gasteiger partial charge in [-0.1, -0.05) is 13.8 Å². The van der Waals surface area contributed by atoms with Gasteiger partial charge in [-0.25, -0.2) is 4.98 Å². The lowest BCUT2D eigenvalue weighted by atomic mass is 10.1. The number of aromatic nitrogens is 1. The molecule has 1 unspecified atom stereocenters. The van der Waals surface area contributed by atoms with Gasteiger partial charge in [0.05, 0.1) is 18.1 Å². The van der Waals surface area contributed by atoms with Crippen LogP contribution in [-0.4, -0.2) is 47.9 Å². The highest BCUT2D eigenvalue weighted by Crippen LogP contribution is 2.18.